The zero-order valence-corrected chi connectivity index (χ0v) is 9.13. The molecule has 0 radical (unpaired) electrons. The van der Waals surface area contributed by atoms with Gasteiger partial charge < -0.3 is 4.74 Å². The monoisotopic (exact) mass is 198 g/mol. The van der Waals surface area contributed by atoms with Crippen molar-refractivity contribution < 1.29 is 14.3 Å². The first kappa shape index (κ1) is 11.2. The molecule has 1 rings (SSSR count). The molecule has 3 heteroatoms. The second-order valence-corrected chi connectivity index (χ2v) is 4.46. The number of ketones is 1. The molecule has 1 saturated carbocycles. The van der Waals surface area contributed by atoms with E-state index in [1.54, 1.807) is 13.8 Å². The van der Waals surface area contributed by atoms with E-state index in [1.807, 2.05) is 0 Å². The molecular formula is C11H18O3. The van der Waals surface area contributed by atoms with Gasteiger partial charge in [-0.2, -0.15) is 0 Å². The highest BCUT2D eigenvalue weighted by Gasteiger charge is 2.41. The van der Waals surface area contributed by atoms with Crippen molar-refractivity contribution in [1.82, 2.24) is 0 Å². The Morgan fingerprint density at radius 1 is 1.21 bits per heavy atom. The molecule has 1 fully saturated rings. The van der Waals surface area contributed by atoms with Gasteiger partial charge in [0.2, 0.25) is 0 Å². The molecule has 0 aliphatic heterocycles. The first-order valence-electron chi connectivity index (χ1n) is 5.13. The fourth-order valence-corrected chi connectivity index (χ4v) is 2.05. The molecule has 0 unspecified atom stereocenters. The highest BCUT2D eigenvalue weighted by Crippen LogP contribution is 2.33. The minimum Gasteiger partial charge on any atom is -0.468 e. The molecule has 0 heterocycles. The third kappa shape index (κ3) is 1.97. The molecule has 0 atom stereocenters. The van der Waals surface area contributed by atoms with E-state index in [0.29, 0.717) is 0 Å². The average molecular weight is 198 g/mol. The van der Waals surface area contributed by atoms with E-state index in [-0.39, 0.29) is 11.7 Å². The van der Waals surface area contributed by atoms with Crippen LogP contribution < -0.4 is 0 Å². The van der Waals surface area contributed by atoms with E-state index in [2.05, 4.69) is 4.74 Å². The van der Waals surface area contributed by atoms with Crippen LogP contribution in [0, 0.1) is 11.3 Å². The topological polar surface area (TPSA) is 43.4 Å². The van der Waals surface area contributed by atoms with Crippen LogP contribution in [0.3, 0.4) is 0 Å². The largest absolute Gasteiger partial charge is 0.468 e. The maximum atomic E-state index is 12.0. The molecule has 0 aromatic rings. The number of carbonyl (C=O) groups excluding carboxylic acids is 2. The van der Waals surface area contributed by atoms with Gasteiger partial charge >= 0.3 is 5.97 Å². The van der Waals surface area contributed by atoms with Crippen LogP contribution in [0.15, 0.2) is 0 Å². The maximum absolute atomic E-state index is 12.0. The Labute approximate surface area is 84.8 Å². The van der Waals surface area contributed by atoms with E-state index < -0.39 is 11.4 Å². The normalized spacial score (nSPS) is 18.2. The van der Waals surface area contributed by atoms with Crippen molar-refractivity contribution in [3.8, 4) is 0 Å². The third-order valence-electron chi connectivity index (χ3n) is 3.04. The number of rotatable bonds is 3. The Kier molecular flexibility index (Phi) is 3.29. The van der Waals surface area contributed by atoms with E-state index >= 15 is 0 Å². The number of methoxy groups -OCH3 is 1. The summed E-state index contributed by atoms with van der Waals surface area (Å²) in [5.41, 5.74) is -0.968. The molecule has 14 heavy (non-hydrogen) atoms. The molecule has 0 saturated heterocycles. The van der Waals surface area contributed by atoms with Crippen molar-refractivity contribution in [2.24, 2.45) is 11.3 Å². The van der Waals surface area contributed by atoms with Gasteiger partial charge in [-0.15, -0.1) is 0 Å². The summed E-state index contributed by atoms with van der Waals surface area (Å²) in [4.78, 5) is 23.4. The third-order valence-corrected chi connectivity index (χ3v) is 3.04. The highest BCUT2D eigenvalue weighted by atomic mass is 16.5. The molecule has 0 bridgehead atoms. The summed E-state index contributed by atoms with van der Waals surface area (Å²) in [7, 11) is 1.33. The predicted octanol–water partition coefficient (Wildman–Crippen LogP) is 1.94. The molecule has 1 aliphatic carbocycles. The second kappa shape index (κ2) is 4.11. The minimum atomic E-state index is -0.968. The van der Waals surface area contributed by atoms with Crippen LogP contribution in [0.4, 0.5) is 0 Å². The van der Waals surface area contributed by atoms with Crippen LogP contribution in [0.25, 0.3) is 0 Å². The van der Waals surface area contributed by atoms with Crippen LogP contribution in [0.1, 0.15) is 39.5 Å². The Bertz CT molecular complexity index is 237. The number of carbonyl (C=O) groups is 2. The molecular weight excluding hydrogens is 180 g/mol. The second-order valence-electron chi connectivity index (χ2n) is 4.46. The van der Waals surface area contributed by atoms with Gasteiger partial charge in [0.25, 0.3) is 0 Å². The smallest absolute Gasteiger partial charge is 0.318 e. The SMILES string of the molecule is COC(=O)C(C)(C)C(=O)C1CCCC1. The number of hydrogen-bond donors (Lipinski definition) is 0. The Hall–Kier alpha value is -0.860. The van der Waals surface area contributed by atoms with Gasteiger partial charge in [0.05, 0.1) is 7.11 Å². The van der Waals surface area contributed by atoms with Gasteiger partial charge in [-0.05, 0) is 26.7 Å². The maximum Gasteiger partial charge on any atom is 0.318 e. The summed E-state index contributed by atoms with van der Waals surface area (Å²) in [6, 6.07) is 0. The van der Waals surface area contributed by atoms with E-state index in [0.717, 1.165) is 25.7 Å². The number of Topliss-reactive ketones (excluding diaryl/α,β-unsaturated/α-hetero) is 1. The lowest BCUT2D eigenvalue weighted by Gasteiger charge is -2.23. The minimum absolute atomic E-state index is 0.0434. The molecule has 0 aromatic heterocycles. The number of ether oxygens (including phenoxy) is 1. The summed E-state index contributed by atoms with van der Waals surface area (Å²) < 4.78 is 4.64. The fourth-order valence-electron chi connectivity index (χ4n) is 2.05. The molecule has 1 aliphatic rings. The Morgan fingerprint density at radius 3 is 2.14 bits per heavy atom. The molecule has 0 amide bonds. The van der Waals surface area contributed by atoms with E-state index in [4.69, 9.17) is 0 Å². The highest BCUT2D eigenvalue weighted by molar-refractivity contribution is 6.04. The molecule has 3 nitrogen and oxygen atoms in total. The summed E-state index contributed by atoms with van der Waals surface area (Å²) in [5, 5.41) is 0. The lowest BCUT2D eigenvalue weighted by molar-refractivity contribution is -0.157. The summed E-state index contributed by atoms with van der Waals surface area (Å²) in [6.45, 7) is 3.30. The van der Waals surface area contributed by atoms with Gasteiger partial charge in [-0.25, -0.2) is 0 Å². The predicted molar refractivity (Wildman–Crippen MR) is 52.8 cm³/mol. The summed E-state index contributed by atoms with van der Waals surface area (Å²) in [6.07, 6.45) is 4.07. The van der Waals surface area contributed by atoms with Crippen molar-refractivity contribution >= 4 is 11.8 Å². The fraction of sp³-hybridized carbons (Fsp3) is 0.818. The lowest BCUT2D eigenvalue weighted by atomic mass is 9.80. The number of hydrogen-bond acceptors (Lipinski definition) is 3. The quantitative estimate of drug-likeness (QED) is 0.514. The average Bonchev–Trinajstić information content (AvgIpc) is 2.67. The lowest BCUT2D eigenvalue weighted by Crippen LogP contribution is -2.38. The van der Waals surface area contributed by atoms with Gasteiger partial charge in [0, 0.05) is 5.92 Å². The van der Waals surface area contributed by atoms with Crippen molar-refractivity contribution in [3.63, 3.8) is 0 Å². The van der Waals surface area contributed by atoms with Crippen LogP contribution >= 0.6 is 0 Å². The van der Waals surface area contributed by atoms with Gasteiger partial charge in [0.1, 0.15) is 5.41 Å². The van der Waals surface area contributed by atoms with Crippen LogP contribution in [-0.2, 0) is 14.3 Å². The zero-order chi connectivity index (χ0) is 10.8. The van der Waals surface area contributed by atoms with Crippen molar-refractivity contribution in [3.05, 3.63) is 0 Å². The molecule has 0 N–H and O–H groups in total. The van der Waals surface area contributed by atoms with Crippen molar-refractivity contribution in [2.45, 2.75) is 39.5 Å². The van der Waals surface area contributed by atoms with Crippen molar-refractivity contribution in [1.29, 1.82) is 0 Å². The van der Waals surface area contributed by atoms with E-state index in [1.165, 1.54) is 7.11 Å². The van der Waals surface area contributed by atoms with Gasteiger partial charge in [-0.3, -0.25) is 9.59 Å². The summed E-state index contributed by atoms with van der Waals surface area (Å²) >= 11 is 0. The standard InChI is InChI=1S/C11H18O3/c1-11(2,10(13)14-3)9(12)8-6-4-5-7-8/h8H,4-7H2,1-3H3. The van der Waals surface area contributed by atoms with Crippen LogP contribution in [0.5, 0.6) is 0 Å². The first-order valence-corrected chi connectivity index (χ1v) is 5.13. The first-order chi connectivity index (χ1) is 6.50. The Balaban J connectivity index is 2.70. The van der Waals surface area contributed by atoms with Crippen molar-refractivity contribution in [2.75, 3.05) is 7.11 Å². The van der Waals surface area contributed by atoms with Crippen LogP contribution in [-0.4, -0.2) is 18.9 Å². The Morgan fingerprint density at radius 2 is 1.71 bits per heavy atom. The zero-order valence-electron chi connectivity index (χ0n) is 9.13. The molecule has 0 aromatic carbocycles. The van der Waals surface area contributed by atoms with E-state index in [9.17, 15) is 9.59 Å². The van der Waals surface area contributed by atoms with Crippen LogP contribution in [0.2, 0.25) is 0 Å². The molecule has 80 valence electrons. The summed E-state index contributed by atoms with van der Waals surface area (Å²) in [5.74, 6) is -0.305. The molecule has 0 spiro atoms. The number of esters is 1. The van der Waals surface area contributed by atoms with Gasteiger partial charge in [-0.1, -0.05) is 12.8 Å². The van der Waals surface area contributed by atoms with Gasteiger partial charge in [0.15, 0.2) is 5.78 Å².